The minimum absolute atomic E-state index is 0.126. The second-order valence-electron chi connectivity index (χ2n) is 12.1. The minimum atomic E-state index is -0.489. The van der Waals surface area contributed by atoms with Crippen LogP contribution in [0, 0.1) is 17.3 Å². The third-order valence-electron chi connectivity index (χ3n) is 7.90. The summed E-state index contributed by atoms with van der Waals surface area (Å²) in [5.74, 6) is -0.0254. The van der Waals surface area contributed by atoms with Crippen LogP contribution in [0.4, 0.5) is 0 Å². The van der Waals surface area contributed by atoms with Crippen molar-refractivity contribution in [2.45, 2.75) is 96.7 Å². The van der Waals surface area contributed by atoms with E-state index in [0.717, 1.165) is 31.2 Å². The van der Waals surface area contributed by atoms with Crippen LogP contribution < -0.4 is 22.2 Å². The van der Waals surface area contributed by atoms with Gasteiger partial charge in [0.05, 0.1) is 11.3 Å². The third-order valence-corrected chi connectivity index (χ3v) is 8.15. The highest BCUT2D eigenvalue weighted by molar-refractivity contribution is 6.30. The molecule has 36 heavy (non-hydrogen) atoms. The summed E-state index contributed by atoms with van der Waals surface area (Å²) in [6.07, 6.45) is 7.80. The fourth-order valence-electron chi connectivity index (χ4n) is 5.93. The largest absolute Gasteiger partial charge is 0.351 e. The molecule has 8 heteroatoms. The minimum Gasteiger partial charge on any atom is -0.351 e. The topological polar surface area (TPSA) is 113 Å². The lowest BCUT2D eigenvalue weighted by molar-refractivity contribution is -0.143. The normalized spacial score (nSPS) is 21.9. The van der Waals surface area contributed by atoms with Crippen LogP contribution in [-0.2, 0) is 9.59 Å². The van der Waals surface area contributed by atoms with Gasteiger partial charge in [-0.2, -0.15) is 0 Å². The average Bonchev–Trinajstić information content (AvgIpc) is 2.82. The van der Waals surface area contributed by atoms with E-state index in [0.29, 0.717) is 30.5 Å². The van der Waals surface area contributed by atoms with Crippen molar-refractivity contribution in [1.82, 2.24) is 15.8 Å². The standard InChI is InChI=1S/C28H46ClN5O2/c1-19(30)18-23(24(31)20-10-12-22(29)13-11-20)25(35)33-34-16-14-28(15-17-34,21-8-6-5-7-9-21)26(36)32-27(2,3)4/h10-13,19,21,23-24H,5-9,14-18,30-31H2,1-4H3,(H,32,36)(H,33,35). The Bertz CT molecular complexity index is 869. The number of nitrogens with one attached hydrogen (secondary N) is 2. The van der Waals surface area contributed by atoms with Crippen molar-refractivity contribution in [3.8, 4) is 0 Å². The van der Waals surface area contributed by atoms with Crippen LogP contribution in [0.2, 0.25) is 5.02 Å². The summed E-state index contributed by atoms with van der Waals surface area (Å²) in [7, 11) is 0. The van der Waals surface area contributed by atoms with Gasteiger partial charge in [-0.25, -0.2) is 5.01 Å². The first-order chi connectivity index (χ1) is 16.9. The number of carbonyl (C=O) groups is 2. The molecule has 1 aliphatic heterocycles. The summed E-state index contributed by atoms with van der Waals surface area (Å²) >= 11 is 6.03. The van der Waals surface area contributed by atoms with Gasteiger partial charge in [0.2, 0.25) is 11.8 Å². The molecule has 1 saturated heterocycles. The lowest BCUT2D eigenvalue weighted by atomic mass is 9.63. The Labute approximate surface area is 222 Å². The number of carbonyl (C=O) groups excluding carboxylic acids is 2. The number of hydrazine groups is 1. The van der Waals surface area contributed by atoms with Gasteiger partial charge in [-0.05, 0) is 83.4 Å². The Morgan fingerprint density at radius 3 is 2.19 bits per heavy atom. The number of hydrogen-bond acceptors (Lipinski definition) is 5. The van der Waals surface area contributed by atoms with Crippen LogP contribution in [0.1, 0.15) is 90.7 Å². The van der Waals surface area contributed by atoms with Crippen molar-refractivity contribution < 1.29 is 9.59 Å². The van der Waals surface area contributed by atoms with Gasteiger partial charge in [-0.15, -0.1) is 0 Å². The number of hydrogen-bond donors (Lipinski definition) is 4. The van der Waals surface area contributed by atoms with E-state index in [4.69, 9.17) is 23.1 Å². The van der Waals surface area contributed by atoms with Gasteiger partial charge in [0.1, 0.15) is 0 Å². The summed E-state index contributed by atoms with van der Waals surface area (Å²) < 4.78 is 0. The molecule has 0 aromatic heterocycles. The Morgan fingerprint density at radius 1 is 1.08 bits per heavy atom. The predicted molar refractivity (Wildman–Crippen MR) is 146 cm³/mol. The first-order valence-electron chi connectivity index (χ1n) is 13.6. The smallest absolute Gasteiger partial charge is 0.239 e. The van der Waals surface area contributed by atoms with Crippen LogP contribution >= 0.6 is 11.6 Å². The summed E-state index contributed by atoms with van der Waals surface area (Å²) in [4.78, 5) is 27.0. The van der Waals surface area contributed by atoms with E-state index in [1.165, 1.54) is 19.3 Å². The number of amides is 2. The van der Waals surface area contributed by atoms with Gasteiger partial charge < -0.3 is 16.8 Å². The van der Waals surface area contributed by atoms with Crippen LogP contribution in [0.3, 0.4) is 0 Å². The van der Waals surface area contributed by atoms with E-state index in [1.807, 2.05) is 44.8 Å². The molecule has 2 amide bonds. The van der Waals surface area contributed by atoms with Crippen molar-refractivity contribution in [3.05, 3.63) is 34.9 Å². The van der Waals surface area contributed by atoms with Gasteiger partial charge in [0.25, 0.3) is 0 Å². The average molecular weight is 520 g/mol. The predicted octanol–water partition coefficient (Wildman–Crippen LogP) is 4.30. The lowest BCUT2D eigenvalue weighted by Crippen LogP contribution is -2.59. The van der Waals surface area contributed by atoms with Gasteiger partial charge in [-0.3, -0.25) is 15.0 Å². The molecule has 1 aromatic rings. The molecule has 0 bridgehead atoms. The zero-order valence-corrected chi connectivity index (χ0v) is 23.2. The van der Waals surface area contributed by atoms with E-state index in [-0.39, 0.29) is 28.8 Å². The van der Waals surface area contributed by atoms with E-state index in [9.17, 15) is 9.59 Å². The number of nitrogens with zero attached hydrogens (tertiary/aromatic N) is 1. The summed E-state index contributed by atoms with van der Waals surface area (Å²) in [5, 5.41) is 5.87. The molecule has 1 aromatic carbocycles. The molecule has 1 saturated carbocycles. The number of halogens is 1. The first kappa shape index (κ1) is 28.9. The maximum Gasteiger partial charge on any atom is 0.239 e. The highest BCUT2D eigenvalue weighted by Gasteiger charge is 2.48. The molecule has 0 spiro atoms. The van der Waals surface area contributed by atoms with Crippen LogP contribution in [-0.4, -0.2) is 41.5 Å². The molecule has 2 aliphatic rings. The van der Waals surface area contributed by atoms with Crippen LogP contribution in [0.5, 0.6) is 0 Å². The highest BCUT2D eigenvalue weighted by Crippen LogP contribution is 2.46. The second-order valence-corrected chi connectivity index (χ2v) is 12.5. The van der Waals surface area contributed by atoms with Crippen molar-refractivity contribution in [3.63, 3.8) is 0 Å². The molecule has 3 rings (SSSR count). The molecule has 3 unspecified atom stereocenters. The van der Waals surface area contributed by atoms with E-state index >= 15 is 0 Å². The Balaban J connectivity index is 1.70. The summed E-state index contributed by atoms with van der Waals surface area (Å²) in [6.45, 7) is 9.29. The Kier molecular flexibility index (Phi) is 9.83. The number of benzene rings is 1. The van der Waals surface area contributed by atoms with Crippen LogP contribution in [0.25, 0.3) is 0 Å². The van der Waals surface area contributed by atoms with Crippen LogP contribution in [0.15, 0.2) is 24.3 Å². The quantitative estimate of drug-likeness (QED) is 0.409. The Hall–Kier alpha value is -1.67. The zero-order chi connectivity index (χ0) is 26.5. The molecule has 202 valence electrons. The highest BCUT2D eigenvalue weighted by atomic mass is 35.5. The molecule has 3 atom stereocenters. The molecular weight excluding hydrogens is 474 g/mol. The van der Waals surface area contributed by atoms with E-state index in [1.54, 1.807) is 12.1 Å². The number of rotatable bonds is 8. The number of piperidine rings is 1. The maximum absolute atomic E-state index is 13.6. The first-order valence-corrected chi connectivity index (χ1v) is 13.9. The summed E-state index contributed by atoms with van der Waals surface area (Å²) in [5.41, 5.74) is 16.0. The van der Waals surface area contributed by atoms with E-state index < -0.39 is 12.0 Å². The van der Waals surface area contributed by atoms with Crippen molar-refractivity contribution in [2.75, 3.05) is 13.1 Å². The molecule has 0 radical (unpaired) electrons. The monoisotopic (exact) mass is 519 g/mol. The van der Waals surface area contributed by atoms with Crippen molar-refractivity contribution in [1.29, 1.82) is 0 Å². The maximum atomic E-state index is 13.6. The van der Waals surface area contributed by atoms with E-state index in [2.05, 4.69) is 10.7 Å². The lowest BCUT2D eigenvalue weighted by Gasteiger charge is -2.47. The molecule has 6 N–H and O–H groups in total. The zero-order valence-electron chi connectivity index (χ0n) is 22.5. The molecular formula is C28H46ClN5O2. The summed E-state index contributed by atoms with van der Waals surface area (Å²) in [6, 6.07) is 6.65. The molecule has 1 aliphatic carbocycles. The van der Waals surface area contributed by atoms with Gasteiger partial charge >= 0.3 is 0 Å². The van der Waals surface area contributed by atoms with Gasteiger partial charge in [0.15, 0.2) is 0 Å². The van der Waals surface area contributed by atoms with Crippen molar-refractivity contribution in [2.24, 2.45) is 28.7 Å². The Morgan fingerprint density at radius 2 is 1.67 bits per heavy atom. The van der Waals surface area contributed by atoms with Gasteiger partial charge in [0, 0.05) is 35.7 Å². The second kappa shape index (κ2) is 12.2. The fraction of sp³-hybridized carbons (Fsp3) is 0.714. The SMILES string of the molecule is CC(N)CC(C(=O)NN1CCC(C(=O)NC(C)(C)C)(C2CCCCC2)CC1)C(N)c1ccc(Cl)cc1. The third kappa shape index (κ3) is 7.44. The van der Waals surface area contributed by atoms with Crippen molar-refractivity contribution >= 4 is 23.4 Å². The molecule has 2 fully saturated rings. The van der Waals surface area contributed by atoms with Gasteiger partial charge in [-0.1, -0.05) is 43.0 Å². The molecule has 1 heterocycles. The fourth-order valence-corrected chi connectivity index (χ4v) is 6.06. The molecule has 7 nitrogen and oxygen atoms in total. The number of nitrogens with two attached hydrogens (primary N) is 2.